The zero-order valence-corrected chi connectivity index (χ0v) is 16.5. The van der Waals surface area contributed by atoms with E-state index >= 15 is 0 Å². The van der Waals surface area contributed by atoms with Crippen LogP contribution in [0.5, 0.6) is 0 Å². The zero-order valence-electron chi connectivity index (χ0n) is 15.7. The number of nitrogens with zero attached hydrogens (tertiary/aromatic N) is 3. The van der Waals surface area contributed by atoms with Gasteiger partial charge in [0.05, 0.1) is 30.9 Å². The second-order valence-corrected chi connectivity index (χ2v) is 8.83. The average Bonchev–Trinajstić information content (AvgIpc) is 3.00. The van der Waals surface area contributed by atoms with Gasteiger partial charge in [-0.05, 0) is 26.3 Å². The lowest BCUT2D eigenvalue weighted by Crippen LogP contribution is -2.39. The summed E-state index contributed by atoms with van der Waals surface area (Å²) in [5.74, 6) is 1.60. The molecule has 27 heavy (non-hydrogen) atoms. The third-order valence-electron chi connectivity index (χ3n) is 5.31. The van der Waals surface area contributed by atoms with Gasteiger partial charge in [-0.15, -0.1) is 11.3 Å². The van der Waals surface area contributed by atoms with Crippen LogP contribution in [-0.2, 0) is 22.5 Å². The monoisotopic (exact) mass is 386 g/mol. The first-order valence-electron chi connectivity index (χ1n) is 9.24. The van der Waals surface area contributed by atoms with E-state index in [1.807, 2.05) is 6.92 Å². The van der Waals surface area contributed by atoms with Gasteiger partial charge < -0.3 is 19.4 Å². The molecular formula is C19H22N4O3S. The molecule has 2 aliphatic heterocycles. The number of ether oxygens (including phenoxy) is 2. The van der Waals surface area contributed by atoms with Crippen LogP contribution in [-0.4, -0.2) is 46.9 Å². The first-order valence-corrected chi connectivity index (χ1v) is 10.1. The van der Waals surface area contributed by atoms with Crippen molar-refractivity contribution in [2.24, 2.45) is 0 Å². The molecule has 0 saturated carbocycles. The predicted molar refractivity (Wildman–Crippen MR) is 106 cm³/mol. The fourth-order valence-electron chi connectivity index (χ4n) is 4.02. The van der Waals surface area contributed by atoms with Crippen LogP contribution in [0, 0.1) is 6.92 Å². The lowest BCUT2D eigenvalue weighted by molar-refractivity contribution is -0.0396. The highest BCUT2D eigenvalue weighted by molar-refractivity contribution is 7.25. The minimum Gasteiger partial charge on any atom is -0.378 e. The second-order valence-electron chi connectivity index (χ2n) is 7.83. The second kappa shape index (κ2) is 5.98. The summed E-state index contributed by atoms with van der Waals surface area (Å²) in [6.45, 7) is 9.60. The van der Waals surface area contributed by atoms with Crippen LogP contribution < -0.4 is 10.5 Å². The number of morpholine rings is 1. The fraction of sp³-hybridized carbons (Fsp3) is 0.526. The number of fused-ring (bicyclic) bond motifs is 5. The number of anilines is 1. The lowest BCUT2D eigenvalue weighted by atomic mass is 9.90. The van der Waals surface area contributed by atoms with E-state index in [0.717, 1.165) is 46.6 Å². The van der Waals surface area contributed by atoms with Crippen molar-refractivity contribution in [1.29, 1.82) is 0 Å². The van der Waals surface area contributed by atoms with Crippen LogP contribution in [0.1, 0.15) is 30.8 Å². The molecule has 1 fully saturated rings. The molecule has 0 radical (unpaired) electrons. The molecular weight excluding hydrogens is 364 g/mol. The summed E-state index contributed by atoms with van der Waals surface area (Å²) in [5.41, 5.74) is 2.78. The summed E-state index contributed by atoms with van der Waals surface area (Å²) in [6, 6.07) is 0. The number of aryl methyl sites for hydroxylation is 1. The summed E-state index contributed by atoms with van der Waals surface area (Å²) in [7, 11) is 0. The highest BCUT2D eigenvalue weighted by atomic mass is 32.1. The molecule has 8 heteroatoms. The largest absolute Gasteiger partial charge is 0.378 e. The minimum absolute atomic E-state index is 0.0894. The van der Waals surface area contributed by atoms with E-state index in [4.69, 9.17) is 14.5 Å². The van der Waals surface area contributed by atoms with Crippen LogP contribution in [0.15, 0.2) is 4.79 Å². The van der Waals surface area contributed by atoms with Crippen molar-refractivity contribution < 1.29 is 9.47 Å². The van der Waals surface area contributed by atoms with Gasteiger partial charge in [0.2, 0.25) is 0 Å². The van der Waals surface area contributed by atoms with Crippen LogP contribution in [0.4, 0.5) is 5.82 Å². The van der Waals surface area contributed by atoms with Crippen LogP contribution >= 0.6 is 11.3 Å². The number of H-pyrrole nitrogens is 1. The molecule has 3 aromatic heterocycles. The van der Waals surface area contributed by atoms with Crippen molar-refractivity contribution in [2.45, 2.75) is 39.4 Å². The first-order chi connectivity index (χ1) is 12.9. The first kappa shape index (κ1) is 17.1. The molecule has 0 aromatic carbocycles. The molecule has 5 heterocycles. The number of hydrogen-bond acceptors (Lipinski definition) is 7. The van der Waals surface area contributed by atoms with Crippen molar-refractivity contribution in [3.05, 3.63) is 27.3 Å². The average molecular weight is 386 g/mol. The molecule has 7 nitrogen and oxygen atoms in total. The third kappa shape index (κ3) is 2.74. The standard InChI is InChI=1S/C19H22N4O3S/c1-10-20-14-13-11-8-19(2,3)26-9-12(11)16(23-4-6-25-7-5-23)22-18(13)27-15(14)17(24)21-10/h4-9H2,1-3H3,(H,20,21,24). The maximum absolute atomic E-state index is 12.5. The van der Waals surface area contributed by atoms with E-state index in [9.17, 15) is 4.79 Å². The molecule has 0 atom stereocenters. The smallest absolute Gasteiger partial charge is 0.268 e. The summed E-state index contributed by atoms with van der Waals surface area (Å²) in [5, 5.41) is 1.02. The van der Waals surface area contributed by atoms with Crippen molar-refractivity contribution in [1.82, 2.24) is 15.0 Å². The quantitative estimate of drug-likeness (QED) is 0.692. The van der Waals surface area contributed by atoms with Gasteiger partial charge in [-0.1, -0.05) is 0 Å². The Morgan fingerprint density at radius 3 is 2.74 bits per heavy atom. The summed E-state index contributed by atoms with van der Waals surface area (Å²) in [4.78, 5) is 28.1. The topological polar surface area (TPSA) is 80.3 Å². The number of rotatable bonds is 1. The number of hydrogen-bond donors (Lipinski definition) is 1. The summed E-state index contributed by atoms with van der Waals surface area (Å²) < 4.78 is 12.3. The minimum atomic E-state index is -0.256. The van der Waals surface area contributed by atoms with E-state index in [-0.39, 0.29) is 11.2 Å². The normalized spacial score (nSPS) is 19.6. The van der Waals surface area contributed by atoms with Gasteiger partial charge in [-0.25, -0.2) is 9.97 Å². The molecule has 0 bridgehead atoms. The number of aromatic amines is 1. The van der Waals surface area contributed by atoms with Crippen molar-refractivity contribution in [3.8, 4) is 0 Å². The number of aromatic nitrogens is 3. The van der Waals surface area contributed by atoms with Crippen molar-refractivity contribution in [3.63, 3.8) is 0 Å². The Balaban J connectivity index is 1.85. The lowest BCUT2D eigenvalue weighted by Gasteiger charge is -2.36. The van der Waals surface area contributed by atoms with Crippen LogP contribution in [0.2, 0.25) is 0 Å². The van der Waals surface area contributed by atoms with E-state index in [0.29, 0.717) is 30.3 Å². The Bertz CT molecular complexity index is 1110. The van der Waals surface area contributed by atoms with Gasteiger partial charge in [-0.2, -0.15) is 0 Å². The number of thiophene rings is 1. The van der Waals surface area contributed by atoms with Gasteiger partial charge in [0.1, 0.15) is 21.2 Å². The Morgan fingerprint density at radius 2 is 1.96 bits per heavy atom. The van der Waals surface area contributed by atoms with Gasteiger partial charge in [0.15, 0.2) is 0 Å². The van der Waals surface area contributed by atoms with Crippen molar-refractivity contribution >= 4 is 37.6 Å². The van der Waals surface area contributed by atoms with Gasteiger partial charge in [-0.3, -0.25) is 4.79 Å². The Kier molecular flexibility index (Phi) is 3.79. The molecule has 1 saturated heterocycles. The van der Waals surface area contributed by atoms with E-state index in [2.05, 4.69) is 28.7 Å². The molecule has 1 N–H and O–H groups in total. The molecule has 3 aromatic rings. The third-order valence-corrected chi connectivity index (χ3v) is 6.38. The molecule has 142 valence electrons. The predicted octanol–water partition coefficient (Wildman–Crippen LogP) is 2.53. The van der Waals surface area contributed by atoms with E-state index in [1.165, 1.54) is 16.9 Å². The summed E-state index contributed by atoms with van der Waals surface area (Å²) >= 11 is 1.43. The van der Waals surface area contributed by atoms with E-state index < -0.39 is 0 Å². The highest BCUT2D eigenvalue weighted by Gasteiger charge is 2.33. The van der Waals surface area contributed by atoms with Crippen molar-refractivity contribution in [2.75, 3.05) is 31.2 Å². The highest BCUT2D eigenvalue weighted by Crippen LogP contribution is 2.42. The Labute approximate surface area is 160 Å². The molecule has 0 amide bonds. The number of pyridine rings is 1. The molecule has 0 aliphatic carbocycles. The maximum atomic E-state index is 12.5. The van der Waals surface area contributed by atoms with Gasteiger partial charge in [0, 0.05) is 30.5 Å². The van der Waals surface area contributed by atoms with Gasteiger partial charge >= 0.3 is 0 Å². The molecule has 0 unspecified atom stereocenters. The van der Waals surface area contributed by atoms with Crippen LogP contribution in [0.25, 0.3) is 20.4 Å². The molecule has 0 spiro atoms. The maximum Gasteiger partial charge on any atom is 0.268 e. The fourth-order valence-corrected chi connectivity index (χ4v) is 5.05. The zero-order chi connectivity index (χ0) is 18.8. The summed E-state index contributed by atoms with van der Waals surface area (Å²) in [6.07, 6.45) is 0.776. The Morgan fingerprint density at radius 1 is 1.19 bits per heavy atom. The van der Waals surface area contributed by atoms with Gasteiger partial charge in [0.25, 0.3) is 5.56 Å². The molecule has 2 aliphatic rings. The number of nitrogens with one attached hydrogen (secondary N) is 1. The Hall–Kier alpha value is -2.03. The van der Waals surface area contributed by atoms with E-state index in [1.54, 1.807) is 0 Å². The van der Waals surface area contributed by atoms with Crippen LogP contribution in [0.3, 0.4) is 0 Å². The molecule has 5 rings (SSSR count). The SMILES string of the molecule is Cc1nc2c(sc3nc(N4CCOCC4)c4c(c32)CC(C)(C)OC4)c(=O)[nH]1.